The van der Waals surface area contributed by atoms with Crippen molar-refractivity contribution in [2.45, 2.75) is 30.7 Å². The Hall–Kier alpha value is -0.280. The summed E-state index contributed by atoms with van der Waals surface area (Å²) >= 11 is 5.94. The smallest absolute Gasteiger partial charge is 0.0909 e. The highest BCUT2D eigenvalue weighted by atomic mass is 35.5. The molecule has 2 nitrogen and oxygen atoms in total. The van der Waals surface area contributed by atoms with E-state index in [1.54, 1.807) is 0 Å². The molecule has 0 radical (unpaired) electrons. The fraction of sp³-hybridized carbons (Fsp3) is 0.778. The molecular weight excluding hydrogens is 191 g/mol. The van der Waals surface area contributed by atoms with Crippen molar-refractivity contribution >= 4 is 11.6 Å². The first-order valence-electron chi connectivity index (χ1n) is 4.50. The fourth-order valence-corrected chi connectivity index (χ4v) is 1.23. The van der Waals surface area contributed by atoms with E-state index < -0.39 is 6.67 Å². The van der Waals surface area contributed by atoms with E-state index in [2.05, 4.69) is 5.32 Å². The molecule has 0 bridgehead atoms. The van der Waals surface area contributed by atoms with Crippen molar-refractivity contribution in [2.75, 3.05) is 13.7 Å². The fourth-order valence-electron chi connectivity index (χ4n) is 0.978. The molecule has 0 fully saturated rings. The van der Waals surface area contributed by atoms with Gasteiger partial charge in [0, 0.05) is 18.5 Å². The van der Waals surface area contributed by atoms with Gasteiger partial charge in [-0.15, -0.1) is 11.6 Å². The van der Waals surface area contributed by atoms with Crippen molar-refractivity contribution in [1.82, 2.24) is 5.32 Å². The molecule has 13 heavy (non-hydrogen) atoms. The highest BCUT2D eigenvalue weighted by Gasteiger charge is 2.13. The Morgan fingerprint density at radius 3 is 2.77 bits per heavy atom. The molecule has 0 heterocycles. The molecule has 4 heteroatoms. The van der Waals surface area contributed by atoms with Crippen LogP contribution in [0.25, 0.3) is 0 Å². The van der Waals surface area contributed by atoms with Crippen LogP contribution in [0.4, 0.5) is 4.39 Å². The summed E-state index contributed by atoms with van der Waals surface area (Å²) in [6.45, 7) is -0.392. The molecule has 0 aromatic rings. The maximum Gasteiger partial charge on any atom is 0.0909 e. The maximum absolute atomic E-state index is 11.9. The molecule has 0 aromatic carbocycles. The summed E-state index contributed by atoms with van der Waals surface area (Å²) in [5.41, 5.74) is 5.63. The van der Waals surface area contributed by atoms with Crippen molar-refractivity contribution in [3.05, 3.63) is 12.3 Å². The van der Waals surface area contributed by atoms with Crippen LogP contribution in [0.3, 0.4) is 0 Å². The lowest BCUT2D eigenvalue weighted by atomic mass is 10.1. The van der Waals surface area contributed by atoms with Gasteiger partial charge in [0.2, 0.25) is 0 Å². The summed E-state index contributed by atoms with van der Waals surface area (Å²) in [5.74, 6) is 0. The highest BCUT2D eigenvalue weighted by Crippen LogP contribution is 2.11. The lowest BCUT2D eigenvalue weighted by Gasteiger charge is -2.15. The summed E-state index contributed by atoms with van der Waals surface area (Å²) in [4.78, 5) is 0. The minimum absolute atomic E-state index is 0.128. The Kier molecular flexibility index (Phi) is 8.14. The maximum atomic E-state index is 11.9. The Labute approximate surface area is 84.3 Å². The van der Waals surface area contributed by atoms with E-state index in [-0.39, 0.29) is 11.4 Å². The van der Waals surface area contributed by atoms with Crippen LogP contribution in [-0.2, 0) is 0 Å². The zero-order valence-electron chi connectivity index (χ0n) is 7.97. The molecule has 0 saturated heterocycles. The second-order valence-electron chi connectivity index (χ2n) is 2.93. The Balaban J connectivity index is 3.48. The van der Waals surface area contributed by atoms with Gasteiger partial charge in [-0.3, -0.25) is 4.39 Å². The quantitative estimate of drug-likeness (QED) is 0.627. The van der Waals surface area contributed by atoms with Gasteiger partial charge in [0.15, 0.2) is 0 Å². The van der Waals surface area contributed by atoms with Crippen LogP contribution in [0.5, 0.6) is 0 Å². The third-order valence-corrected chi connectivity index (χ3v) is 2.34. The Morgan fingerprint density at radius 2 is 2.23 bits per heavy atom. The molecule has 2 unspecified atom stereocenters. The molecule has 3 N–H and O–H groups in total. The van der Waals surface area contributed by atoms with Crippen molar-refractivity contribution in [3.8, 4) is 0 Å². The van der Waals surface area contributed by atoms with E-state index in [9.17, 15) is 4.39 Å². The Morgan fingerprint density at radius 1 is 1.54 bits per heavy atom. The van der Waals surface area contributed by atoms with Gasteiger partial charge in [0.1, 0.15) is 0 Å². The van der Waals surface area contributed by atoms with Crippen LogP contribution in [0.2, 0.25) is 0 Å². The van der Waals surface area contributed by atoms with Crippen molar-refractivity contribution in [1.29, 1.82) is 0 Å². The van der Waals surface area contributed by atoms with E-state index in [0.717, 1.165) is 12.8 Å². The predicted octanol–water partition coefficient (Wildman–Crippen LogP) is 1.79. The molecule has 0 aliphatic carbocycles. The van der Waals surface area contributed by atoms with E-state index in [0.29, 0.717) is 6.42 Å². The van der Waals surface area contributed by atoms with Crippen molar-refractivity contribution in [3.63, 3.8) is 0 Å². The topological polar surface area (TPSA) is 38.0 Å². The summed E-state index contributed by atoms with van der Waals surface area (Å²) in [6, 6.07) is -0.227. The van der Waals surface area contributed by atoms with Crippen LogP contribution in [0.15, 0.2) is 12.3 Å². The van der Waals surface area contributed by atoms with E-state index >= 15 is 0 Å². The first kappa shape index (κ1) is 12.7. The molecule has 0 aliphatic heterocycles. The monoisotopic (exact) mass is 208 g/mol. The van der Waals surface area contributed by atoms with Crippen LogP contribution in [-0.4, -0.2) is 25.1 Å². The average Bonchev–Trinajstić information content (AvgIpc) is 2.12. The predicted molar refractivity (Wildman–Crippen MR) is 55.6 cm³/mol. The SMILES string of the molecule is CN/C=C\CCC(Cl)C(N)CCF. The number of rotatable bonds is 7. The summed E-state index contributed by atoms with van der Waals surface area (Å²) in [7, 11) is 1.84. The largest absolute Gasteiger partial charge is 0.394 e. The van der Waals surface area contributed by atoms with Gasteiger partial charge in [-0.05, 0) is 25.5 Å². The lowest BCUT2D eigenvalue weighted by molar-refractivity contribution is 0.424. The zero-order valence-corrected chi connectivity index (χ0v) is 8.73. The average molecular weight is 209 g/mol. The van der Waals surface area contributed by atoms with Crippen LogP contribution >= 0.6 is 11.6 Å². The number of halogens is 2. The van der Waals surface area contributed by atoms with Gasteiger partial charge < -0.3 is 11.1 Å². The molecule has 2 atom stereocenters. The van der Waals surface area contributed by atoms with Crippen LogP contribution in [0.1, 0.15) is 19.3 Å². The van der Waals surface area contributed by atoms with Crippen LogP contribution < -0.4 is 11.1 Å². The summed E-state index contributed by atoms with van der Waals surface area (Å²) in [6.07, 6.45) is 5.85. The first-order valence-corrected chi connectivity index (χ1v) is 4.94. The normalized spacial score (nSPS) is 16.0. The number of hydrogen-bond donors (Lipinski definition) is 2. The van der Waals surface area contributed by atoms with Gasteiger partial charge >= 0.3 is 0 Å². The second kappa shape index (κ2) is 8.32. The molecule has 0 saturated carbocycles. The highest BCUT2D eigenvalue weighted by molar-refractivity contribution is 6.21. The number of alkyl halides is 2. The molecule has 0 aromatic heterocycles. The minimum Gasteiger partial charge on any atom is -0.394 e. The molecule has 0 amide bonds. The van der Waals surface area contributed by atoms with Crippen molar-refractivity contribution < 1.29 is 4.39 Å². The minimum atomic E-state index is -0.392. The van der Waals surface area contributed by atoms with E-state index in [4.69, 9.17) is 17.3 Å². The molecule has 0 spiro atoms. The van der Waals surface area contributed by atoms with E-state index in [1.807, 2.05) is 19.3 Å². The van der Waals surface area contributed by atoms with Gasteiger partial charge in [-0.1, -0.05) is 6.08 Å². The van der Waals surface area contributed by atoms with E-state index in [1.165, 1.54) is 0 Å². The van der Waals surface area contributed by atoms with Crippen LogP contribution in [0, 0.1) is 0 Å². The first-order chi connectivity index (χ1) is 6.22. The third-order valence-electron chi connectivity index (χ3n) is 1.80. The molecule has 0 aliphatic rings. The number of nitrogens with two attached hydrogens (primary N) is 1. The molecule has 78 valence electrons. The third kappa shape index (κ3) is 6.84. The second-order valence-corrected chi connectivity index (χ2v) is 3.49. The van der Waals surface area contributed by atoms with Gasteiger partial charge in [0.05, 0.1) is 6.67 Å². The number of allylic oxidation sites excluding steroid dienone is 1. The molecule has 0 rings (SSSR count). The number of nitrogens with one attached hydrogen (secondary N) is 1. The molecular formula is C9H18ClFN2. The Bertz CT molecular complexity index is 142. The standard InChI is InChI=1S/C9H18ClFN2/c1-13-7-3-2-4-8(10)9(12)5-6-11/h3,7-9,13H,2,4-6,12H2,1H3/b7-3-. The number of hydrogen-bond acceptors (Lipinski definition) is 2. The summed E-state index contributed by atoms with van der Waals surface area (Å²) in [5, 5.41) is 2.75. The van der Waals surface area contributed by atoms with Crippen molar-refractivity contribution in [2.24, 2.45) is 5.73 Å². The zero-order chi connectivity index (χ0) is 10.1. The van der Waals surface area contributed by atoms with Gasteiger partial charge in [-0.2, -0.15) is 0 Å². The lowest BCUT2D eigenvalue weighted by Crippen LogP contribution is -2.31. The summed E-state index contributed by atoms with van der Waals surface area (Å²) < 4.78 is 11.9. The van der Waals surface area contributed by atoms with Gasteiger partial charge in [0.25, 0.3) is 0 Å². The van der Waals surface area contributed by atoms with Gasteiger partial charge in [-0.25, -0.2) is 0 Å².